The van der Waals surface area contributed by atoms with E-state index >= 15 is 0 Å². The van der Waals surface area contributed by atoms with Crippen LogP contribution in [0.3, 0.4) is 0 Å². The van der Waals surface area contributed by atoms with Crippen LogP contribution < -0.4 is 10.1 Å². The first kappa shape index (κ1) is 16.4. The van der Waals surface area contributed by atoms with Gasteiger partial charge in [-0.15, -0.1) is 0 Å². The fraction of sp³-hybridized carbons (Fsp3) is 0.588. The number of carbonyl (C=O) groups excluding carboxylic acids is 1. The number of rotatable bonds is 2. The van der Waals surface area contributed by atoms with Crippen molar-refractivity contribution < 1.29 is 14.3 Å². The van der Waals surface area contributed by atoms with Crippen LogP contribution in [-0.4, -0.2) is 43.3 Å². The first-order valence-electron chi connectivity index (χ1n) is 8.13. The van der Waals surface area contributed by atoms with E-state index in [4.69, 9.17) is 21.1 Å². The third-order valence-electron chi connectivity index (χ3n) is 4.72. The Labute approximate surface area is 141 Å². The van der Waals surface area contributed by atoms with Crippen molar-refractivity contribution >= 4 is 23.3 Å². The molecule has 0 unspecified atom stereocenters. The Morgan fingerprint density at radius 2 is 2.17 bits per heavy atom. The van der Waals surface area contributed by atoms with Crippen molar-refractivity contribution in [2.24, 2.45) is 0 Å². The highest BCUT2D eigenvalue weighted by atomic mass is 35.5. The Balaban J connectivity index is 1.77. The second kappa shape index (κ2) is 6.97. The molecule has 23 heavy (non-hydrogen) atoms. The van der Waals surface area contributed by atoms with E-state index in [0.29, 0.717) is 29.6 Å². The van der Waals surface area contributed by atoms with Crippen LogP contribution in [0.1, 0.15) is 31.2 Å². The Morgan fingerprint density at radius 3 is 2.96 bits per heavy atom. The minimum absolute atomic E-state index is 0.0924. The molecule has 1 saturated heterocycles. The van der Waals surface area contributed by atoms with Gasteiger partial charge in [-0.1, -0.05) is 24.4 Å². The molecule has 2 aliphatic rings. The molecule has 0 aromatic heterocycles. The molecule has 6 heteroatoms. The highest BCUT2D eigenvalue weighted by molar-refractivity contribution is 6.31. The molecule has 0 radical (unpaired) electrons. The standard InChI is InChI=1S/C17H23ClN2O3/c1-11-9-13(16(22-2)10-12(11)18)19-17(21)20-7-8-23-15-6-4-3-5-14(15)20/h9-10,14-15H,3-8H2,1-2H3,(H,19,21)/t14-,15-/m0/s1. The molecule has 1 aromatic carbocycles. The predicted molar refractivity (Wildman–Crippen MR) is 90.5 cm³/mol. The van der Waals surface area contributed by atoms with Gasteiger partial charge in [-0.2, -0.15) is 0 Å². The first-order chi connectivity index (χ1) is 11.1. The topological polar surface area (TPSA) is 50.8 Å². The average molecular weight is 339 g/mol. The smallest absolute Gasteiger partial charge is 0.322 e. The molecular weight excluding hydrogens is 316 g/mol. The molecule has 1 aromatic rings. The summed E-state index contributed by atoms with van der Waals surface area (Å²) in [6.07, 6.45) is 4.56. The number of benzene rings is 1. The maximum Gasteiger partial charge on any atom is 0.322 e. The monoisotopic (exact) mass is 338 g/mol. The molecule has 1 saturated carbocycles. The van der Waals surface area contributed by atoms with Gasteiger partial charge in [0.15, 0.2) is 0 Å². The summed E-state index contributed by atoms with van der Waals surface area (Å²) >= 11 is 6.12. The van der Waals surface area contributed by atoms with Gasteiger partial charge in [0.2, 0.25) is 0 Å². The molecule has 1 aliphatic heterocycles. The molecule has 5 nitrogen and oxygen atoms in total. The van der Waals surface area contributed by atoms with Crippen molar-refractivity contribution in [3.63, 3.8) is 0 Å². The van der Waals surface area contributed by atoms with Gasteiger partial charge in [0.25, 0.3) is 0 Å². The number of ether oxygens (including phenoxy) is 2. The number of carbonyl (C=O) groups is 1. The van der Waals surface area contributed by atoms with E-state index in [1.54, 1.807) is 13.2 Å². The van der Waals surface area contributed by atoms with Gasteiger partial charge >= 0.3 is 6.03 Å². The van der Waals surface area contributed by atoms with E-state index in [-0.39, 0.29) is 18.2 Å². The number of urea groups is 1. The minimum atomic E-state index is -0.0924. The van der Waals surface area contributed by atoms with Crippen LogP contribution >= 0.6 is 11.6 Å². The number of halogens is 1. The molecule has 2 atom stereocenters. The normalized spacial score (nSPS) is 24.0. The molecular formula is C17H23ClN2O3. The lowest BCUT2D eigenvalue weighted by molar-refractivity contribution is -0.0694. The molecule has 2 fully saturated rings. The summed E-state index contributed by atoms with van der Waals surface area (Å²) in [5.41, 5.74) is 1.55. The zero-order valence-corrected chi connectivity index (χ0v) is 14.4. The van der Waals surface area contributed by atoms with Gasteiger partial charge in [-0.05, 0) is 31.4 Å². The largest absolute Gasteiger partial charge is 0.495 e. The van der Waals surface area contributed by atoms with Gasteiger partial charge < -0.3 is 19.7 Å². The molecule has 1 aliphatic carbocycles. The van der Waals surface area contributed by atoms with Crippen LogP contribution in [-0.2, 0) is 4.74 Å². The number of methoxy groups -OCH3 is 1. The number of nitrogens with zero attached hydrogens (tertiary/aromatic N) is 1. The summed E-state index contributed by atoms with van der Waals surface area (Å²) in [7, 11) is 1.57. The van der Waals surface area contributed by atoms with Crippen LogP contribution in [0.4, 0.5) is 10.5 Å². The number of hydrogen-bond donors (Lipinski definition) is 1. The Bertz CT molecular complexity index is 591. The lowest BCUT2D eigenvalue weighted by Crippen LogP contribution is -2.56. The molecule has 1 heterocycles. The summed E-state index contributed by atoms with van der Waals surface area (Å²) in [5.74, 6) is 0.572. The van der Waals surface area contributed by atoms with Gasteiger partial charge in [-0.25, -0.2) is 4.79 Å². The molecule has 1 N–H and O–H groups in total. The molecule has 126 valence electrons. The van der Waals surface area contributed by atoms with Crippen LogP contribution in [0.2, 0.25) is 5.02 Å². The average Bonchev–Trinajstić information content (AvgIpc) is 2.57. The van der Waals surface area contributed by atoms with Crippen LogP contribution in [0.15, 0.2) is 12.1 Å². The van der Waals surface area contributed by atoms with E-state index in [9.17, 15) is 4.79 Å². The van der Waals surface area contributed by atoms with Crippen molar-refractivity contribution in [1.82, 2.24) is 4.90 Å². The lowest BCUT2D eigenvalue weighted by atomic mass is 9.90. The van der Waals surface area contributed by atoms with Gasteiger partial charge in [-0.3, -0.25) is 0 Å². The lowest BCUT2D eigenvalue weighted by Gasteiger charge is -2.43. The molecule has 0 spiro atoms. The highest BCUT2D eigenvalue weighted by Gasteiger charge is 2.36. The number of aryl methyl sites for hydroxylation is 1. The van der Waals surface area contributed by atoms with E-state index < -0.39 is 0 Å². The third-order valence-corrected chi connectivity index (χ3v) is 5.12. The van der Waals surface area contributed by atoms with Crippen LogP contribution in [0, 0.1) is 6.92 Å². The fourth-order valence-corrected chi connectivity index (χ4v) is 3.62. The number of morpholine rings is 1. The van der Waals surface area contributed by atoms with Crippen molar-refractivity contribution in [1.29, 1.82) is 0 Å². The Kier molecular flexibility index (Phi) is 4.97. The zero-order valence-electron chi connectivity index (χ0n) is 13.6. The van der Waals surface area contributed by atoms with E-state index in [2.05, 4.69) is 5.32 Å². The van der Waals surface area contributed by atoms with Crippen molar-refractivity contribution in [3.05, 3.63) is 22.7 Å². The predicted octanol–water partition coefficient (Wildman–Crippen LogP) is 3.83. The maximum atomic E-state index is 12.8. The number of anilines is 1. The second-order valence-corrected chi connectivity index (χ2v) is 6.59. The summed E-state index contributed by atoms with van der Waals surface area (Å²) in [5, 5.41) is 3.60. The number of nitrogens with one attached hydrogen (secondary N) is 1. The van der Waals surface area contributed by atoms with Gasteiger partial charge in [0.1, 0.15) is 5.75 Å². The number of fused-ring (bicyclic) bond motifs is 1. The van der Waals surface area contributed by atoms with Gasteiger partial charge in [0, 0.05) is 17.6 Å². The number of hydrogen-bond acceptors (Lipinski definition) is 3. The first-order valence-corrected chi connectivity index (χ1v) is 8.51. The Morgan fingerprint density at radius 1 is 1.39 bits per heavy atom. The summed E-state index contributed by atoms with van der Waals surface area (Å²) < 4.78 is 11.2. The van der Waals surface area contributed by atoms with E-state index in [0.717, 1.165) is 24.8 Å². The highest BCUT2D eigenvalue weighted by Crippen LogP contribution is 2.33. The Hall–Kier alpha value is -1.46. The number of amides is 2. The quantitative estimate of drug-likeness (QED) is 0.891. The molecule has 2 amide bonds. The van der Waals surface area contributed by atoms with Crippen LogP contribution in [0.5, 0.6) is 5.75 Å². The van der Waals surface area contributed by atoms with E-state index in [1.165, 1.54) is 6.42 Å². The minimum Gasteiger partial charge on any atom is -0.495 e. The fourth-order valence-electron chi connectivity index (χ4n) is 3.47. The summed E-state index contributed by atoms with van der Waals surface area (Å²) in [6.45, 7) is 3.14. The molecule has 0 bridgehead atoms. The molecule has 3 rings (SSSR count). The van der Waals surface area contributed by atoms with Crippen LogP contribution in [0.25, 0.3) is 0 Å². The SMILES string of the molecule is COc1cc(Cl)c(C)cc1NC(=O)N1CCO[C@H]2CCCC[C@@H]21. The zero-order chi connectivity index (χ0) is 16.4. The maximum absolute atomic E-state index is 12.8. The van der Waals surface area contributed by atoms with Crippen molar-refractivity contribution in [2.45, 2.75) is 44.8 Å². The van der Waals surface area contributed by atoms with Crippen molar-refractivity contribution in [2.75, 3.05) is 25.6 Å². The van der Waals surface area contributed by atoms with Gasteiger partial charge in [0.05, 0.1) is 31.5 Å². The summed E-state index contributed by atoms with van der Waals surface area (Å²) in [4.78, 5) is 14.7. The summed E-state index contributed by atoms with van der Waals surface area (Å²) in [6, 6.07) is 3.66. The third kappa shape index (κ3) is 3.40. The van der Waals surface area contributed by atoms with E-state index in [1.807, 2.05) is 17.9 Å². The second-order valence-electron chi connectivity index (χ2n) is 6.19. The van der Waals surface area contributed by atoms with Crippen molar-refractivity contribution in [3.8, 4) is 5.75 Å².